The van der Waals surface area contributed by atoms with Crippen molar-refractivity contribution < 1.29 is 22.7 Å². The maximum Gasteiger partial charge on any atom is 0.417 e. The molecule has 7 heteroatoms. The number of hydrogen-bond acceptors (Lipinski definition) is 3. The molecule has 0 spiro atoms. The van der Waals surface area contributed by atoms with Gasteiger partial charge in [-0.2, -0.15) is 18.4 Å². The van der Waals surface area contributed by atoms with Crippen molar-refractivity contribution in [2.45, 2.75) is 19.0 Å². The highest BCUT2D eigenvalue weighted by Crippen LogP contribution is 2.34. The van der Waals surface area contributed by atoms with Crippen LogP contribution in [0.15, 0.2) is 12.1 Å². The molecule has 0 saturated carbocycles. The van der Waals surface area contributed by atoms with E-state index in [-0.39, 0.29) is 23.6 Å². The van der Waals surface area contributed by atoms with Gasteiger partial charge in [0.1, 0.15) is 6.07 Å². The molecule has 1 aromatic rings. The van der Waals surface area contributed by atoms with Gasteiger partial charge in [0, 0.05) is 5.88 Å². The van der Waals surface area contributed by atoms with Crippen molar-refractivity contribution in [3.8, 4) is 6.07 Å². The Labute approximate surface area is 112 Å². The Kier molecular flexibility index (Phi) is 4.78. The maximum atomic E-state index is 12.7. The van der Waals surface area contributed by atoms with Crippen LogP contribution in [0.2, 0.25) is 0 Å². The second-order valence-electron chi connectivity index (χ2n) is 3.48. The summed E-state index contributed by atoms with van der Waals surface area (Å²) in [6, 6.07) is 3.10. The summed E-state index contributed by atoms with van der Waals surface area (Å²) in [6.07, 6.45) is -4.68. The summed E-state index contributed by atoms with van der Waals surface area (Å²) in [5.74, 6) is -1.19. The molecule has 0 aromatic heterocycles. The molecule has 102 valence electrons. The third-order valence-corrected chi connectivity index (χ3v) is 2.63. The maximum absolute atomic E-state index is 12.7. The lowest BCUT2D eigenvalue weighted by Gasteiger charge is -2.14. The Morgan fingerprint density at radius 1 is 1.47 bits per heavy atom. The number of rotatable bonds is 3. The lowest BCUT2D eigenvalue weighted by molar-refractivity contribution is -0.137. The van der Waals surface area contributed by atoms with Crippen molar-refractivity contribution in [3.63, 3.8) is 0 Å². The quantitative estimate of drug-likeness (QED) is 0.632. The number of ether oxygens (including phenoxy) is 1. The number of halogens is 4. The topological polar surface area (TPSA) is 50.1 Å². The summed E-state index contributed by atoms with van der Waals surface area (Å²) in [7, 11) is 0. The number of benzene rings is 1. The normalized spacial score (nSPS) is 10.9. The van der Waals surface area contributed by atoms with Gasteiger partial charge >= 0.3 is 12.1 Å². The third kappa shape index (κ3) is 3.18. The number of carbonyl (C=O) groups excluding carboxylic acids is 1. The Morgan fingerprint density at radius 3 is 2.53 bits per heavy atom. The molecule has 0 radical (unpaired) electrons. The van der Waals surface area contributed by atoms with Gasteiger partial charge < -0.3 is 4.74 Å². The van der Waals surface area contributed by atoms with Crippen molar-refractivity contribution >= 4 is 17.6 Å². The van der Waals surface area contributed by atoms with Gasteiger partial charge in [-0.3, -0.25) is 0 Å². The van der Waals surface area contributed by atoms with Crippen LogP contribution in [-0.4, -0.2) is 12.6 Å². The van der Waals surface area contributed by atoms with Crippen LogP contribution in [0.3, 0.4) is 0 Å². The number of nitrogens with zero attached hydrogens (tertiary/aromatic N) is 1. The lowest BCUT2D eigenvalue weighted by atomic mass is 9.97. The molecule has 0 aliphatic heterocycles. The second-order valence-corrected chi connectivity index (χ2v) is 3.75. The van der Waals surface area contributed by atoms with Crippen molar-refractivity contribution in [2.75, 3.05) is 6.61 Å². The first-order chi connectivity index (χ1) is 8.86. The molecule has 3 nitrogen and oxygen atoms in total. The van der Waals surface area contributed by atoms with Crippen molar-refractivity contribution in [3.05, 3.63) is 34.4 Å². The van der Waals surface area contributed by atoms with Crippen LogP contribution in [0.5, 0.6) is 0 Å². The van der Waals surface area contributed by atoms with Crippen LogP contribution in [0.1, 0.15) is 34.0 Å². The van der Waals surface area contributed by atoms with Gasteiger partial charge in [0.15, 0.2) is 0 Å². The van der Waals surface area contributed by atoms with E-state index in [0.717, 1.165) is 6.07 Å². The van der Waals surface area contributed by atoms with Crippen molar-refractivity contribution in [2.24, 2.45) is 0 Å². The van der Waals surface area contributed by atoms with Crippen LogP contribution in [-0.2, 0) is 16.8 Å². The van der Waals surface area contributed by atoms with E-state index >= 15 is 0 Å². The summed E-state index contributed by atoms with van der Waals surface area (Å²) in [5, 5.41) is 8.87. The van der Waals surface area contributed by atoms with Crippen LogP contribution >= 0.6 is 11.6 Å². The molecule has 0 fully saturated rings. The predicted molar refractivity (Wildman–Crippen MR) is 61.7 cm³/mol. The van der Waals surface area contributed by atoms with E-state index in [4.69, 9.17) is 21.6 Å². The molecular formula is C12H9ClF3NO2. The summed E-state index contributed by atoms with van der Waals surface area (Å²) in [4.78, 5) is 11.6. The zero-order chi connectivity index (χ0) is 14.6. The Balaban J connectivity index is 3.49. The number of nitriles is 1. The van der Waals surface area contributed by atoms with Crippen LogP contribution in [0, 0.1) is 11.3 Å². The molecule has 1 aromatic carbocycles. The Morgan fingerprint density at radius 2 is 2.11 bits per heavy atom. The number of alkyl halides is 4. The van der Waals surface area contributed by atoms with E-state index in [1.807, 2.05) is 0 Å². The Hall–Kier alpha value is -1.74. The minimum absolute atomic E-state index is 0.0729. The first kappa shape index (κ1) is 15.3. The summed E-state index contributed by atoms with van der Waals surface area (Å²) in [6.45, 7) is 1.64. The fraction of sp³-hybridized carbons (Fsp3) is 0.333. The van der Waals surface area contributed by atoms with Crippen molar-refractivity contribution in [1.29, 1.82) is 5.26 Å². The SMILES string of the molecule is CCOC(=O)c1ccc(C(F)(F)F)c(C#N)c1CCl. The zero-order valence-corrected chi connectivity index (χ0v) is 10.6. The van der Waals surface area contributed by atoms with E-state index in [9.17, 15) is 18.0 Å². The molecule has 0 heterocycles. The third-order valence-electron chi connectivity index (χ3n) is 2.36. The van der Waals surface area contributed by atoms with Gasteiger partial charge in [-0.25, -0.2) is 4.79 Å². The summed E-state index contributed by atoms with van der Waals surface area (Å²) < 4.78 is 42.9. The molecule has 0 atom stereocenters. The molecule has 0 bridgehead atoms. The summed E-state index contributed by atoms with van der Waals surface area (Å²) >= 11 is 5.56. The Bertz CT molecular complexity index is 535. The first-order valence-electron chi connectivity index (χ1n) is 5.23. The van der Waals surface area contributed by atoms with E-state index < -0.39 is 23.3 Å². The molecular weight excluding hydrogens is 283 g/mol. The van der Waals surface area contributed by atoms with Crippen LogP contribution in [0.25, 0.3) is 0 Å². The van der Waals surface area contributed by atoms with Gasteiger partial charge in [-0.15, -0.1) is 11.6 Å². The molecule has 0 aliphatic rings. The van der Waals surface area contributed by atoms with E-state index in [0.29, 0.717) is 6.07 Å². The average molecular weight is 292 g/mol. The lowest BCUT2D eigenvalue weighted by Crippen LogP contribution is -2.14. The second kappa shape index (κ2) is 5.93. The number of hydrogen-bond donors (Lipinski definition) is 0. The molecule has 1 rings (SSSR count). The number of carbonyl (C=O) groups is 1. The van der Waals surface area contributed by atoms with Crippen LogP contribution < -0.4 is 0 Å². The monoisotopic (exact) mass is 291 g/mol. The highest BCUT2D eigenvalue weighted by molar-refractivity contribution is 6.18. The average Bonchev–Trinajstić information content (AvgIpc) is 2.35. The first-order valence-corrected chi connectivity index (χ1v) is 5.76. The molecule has 0 aliphatic carbocycles. The van der Waals surface area contributed by atoms with Gasteiger partial charge in [-0.05, 0) is 24.6 Å². The fourth-order valence-corrected chi connectivity index (χ4v) is 1.83. The smallest absolute Gasteiger partial charge is 0.417 e. The highest BCUT2D eigenvalue weighted by Gasteiger charge is 2.35. The molecule has 0 unspecified atom stereocenters. The molecule has 0 amide bonds. The molecule has 0 N–H and O–H groups in total. The largest absolute Gasteiger partial charge is 0.462 e. The van der Waals surface area contributed by atoms with E-state index in [1.54, 1.807) is 6.92 Å². The molecule has 0 saturated heterocycles. The minimum atomic E-state index is -4.68. The van der Waals surface area contributed by atoms with E-state index in [1.165, 1.54) is 6.07 Å². The number of esters is 1. The van der Waals surface area contributed by atoms with Gasteiger partial charge in [0.05, 0.1) is 23.3 Å². The van der Waals surface area contributed by atoms with Gasteiger partial charge in [0.25, 0.3) is 0 Å². The molecule has 19 heavy (non-hydrogen) atoms. The zero-order valence-electron chi connectivity index (χ0n) is 9.84. The minimum Gasteiger partial charge on any atom is -0.462 e. The van der Waals surface area contributed by atoms with E-state index in [2.05, 4.69) is 0 Å². The standard InChI is InChI=1S/C12H9ClF3NO2/c1-2-19-11(18)7-3-4-10(12(14,15)16)9(6-17)8(7)5-13/h3-4H,2,5H2,1H3. The van der Waals surface area contributed by atoms with Gasteiger partial charge in [0.2, 0.25) is 0 Å². The summed E-state index contributed by atoms with van der Waals surface area (Å²) in [5.41, 5.74) is -2.05. The fourth-order valence-electron chi connectivity index (χ4n) is 1.55. The highest BCUT2D eigenvalue weighted by atomic mass is 35.5. The van der Waals surface area contributed by atoms with Crippen LogP contribution in [0.4, 0.5) is 13.2 Å². The van der Waals surface area contributed by atoms with Gasteiger partial charge in [-0.1, -0.05) is 0 Å². The predicted octanol–water partition coefficient (Wildman–Crippen LogP) is 3.49. The van der Waals surface area contributed by atoms with Crippen molar-refractivity contribution in [1.82, 2.24) is 0 Å².